The largest absolute Gasteiger partial charge is 0.321 e. The Labute approximate surface area is 75.6 Å². The zero-order chi connectivity index (χ0) is 8.15. The predicted octanol–water partition coefficient (Wildman–Crippen LogP) is 0.937. The third-order valence-electron chi connectivity index (χ3n) is 0.943. The van der Waals surface area contributed by atoms with E-state index in [-0.39, 0.29) is 9.39 Å². The smallest absolute Gasteiger partial charge is 0.214 e. The zero-order valence-corrected chi connectivity index (χ0v) is 8.31. The first-order valence-corrected chi connectivity index (χ1v) is 4.26. The fourth-order valence-electron chi connectivity index (χ4n) is 0.382. The SMILES string of the molecule is NC(CCC(=O)Br)C(=O)Br. The Hall–Kier alpha value is 0.260. The molecule has 2 N–H and O–H groups in total. The van der Waals surface area contributed by atoms with E-state index in [9.17, 15) is 9.59 Å². The number of hydrogen-bond donors (Lipinski definition) is 1. The molecule has 0 heterocycles. The molecule has 0 saturated heterocycles. The van der Waals surface area contributed by atoms with Gasteiger partial charge in [0.05, 0.1) is 6.04 Å². The van der Waals surface area contributed by atoms with E-state index in [2.05, 4.69) is 31.9 Å². The Balaban J connectivity index is 3.49. The maximum atomic E-state index is 10.4. The molecule has 0 radical (unpaired) electrons. The van der Waals surface area contributed by atoms with Gasteiger partial charge < -0.3 is 5.73 Å². The van der Waals surface area contributed by atoms with Crippen molar-refractivity contribution in [1.82, 2.24) is 0 Å². The summed E-state index contributed by atoms with van der Waals surface area (Å²) in [6.07, 6.45) is 0.673. The van der Waals surface area contributed by atoms with Crippen molar-refractivity contribution in [2.24, 2.45) is 5.73 Å². The minimum atomic E-state index is -0.568. The lowest BCUT2D eigenvalue weighted by Crippen LogP contribution is -2.26. The van der Waals surface area contributed by atoms with Gasteiger partial charge in [-0.2, -0.15) is 0 Å². The van der Waals surface area contributed by atoms with Crippen molar-refractivity contribution in [3.05, 3.63) is 0 Å². The van der Waals surface area contributed by atoms with Crippen molar-refractivity contribution in [2.45, 2.75) is 18.9 Å². The fraction of sp³-hybridized carbons (Fsp3) is 0.600. The normalized spacial score (nSPS) is 12.7. The van der Waals surface area contributed by atoms with Crippen LogP contribution in [0.4, 0.5) is 0 Å². The van der Waals surface area contributed by atoms with Crippen LogP contribution in [0.2, 0.25) is 0 Å². The van der Waals surface area contributed by atoms with Gasteiger partial charge in [0.15, 0.2) is 4.69 Å². The van der Waals surface area contributed by atoms with E-state index in [4.69, 9.17) is 5.73 Å². The number of carbonyl (C=O) groups is 2. The maximum absolute atomic E-state index is 10.4. The summed E-state index contributed by atoms with van der Waals surface area (Å²) in [6, 6.07) is -0.568. The summed E-state index contributed by atoms with van der Waals surface area (Å²) < 4.78 is -0.391. The van der Waals surface area contributed by atoms with E-state index < -0.39 is 6.04 Å². The molecular weight excluding hydrogens is 266 g/mol. The van der Waals surface area contributed by atoms with Gasteiger partial charge in [-0.3, -0.25) is 9.59 Å². The summed E-state index contributed by atoms with van der Waals surface area (Å²) in [6.45, 7) is 0. The van der Waals surface area contributed by atoms with Gasteiger partial charge in [-0.05, 0) is 38.3 Å². The van der Waals surface area contributed by atoms with Crippen molar-refractivity contribution in [3.8, 4) is 0 Å². The molecular formula is C5H7Br2NO2. The number of nitrogens with two attached hydrogens (primary N) is 1. The second-order valence-electron chi connectivity index (χ2n) is 1.80. The van der Waals surface area contributed by atoms with Crippen LogP contribution in [0.1, 0.15) is 12.8 Å². The van der Waals surface area contributed by atoms with Gasteiger partial charge in [-0.15, -0.1) is 0 Å². The molecule has 0 fully saturated rings. The highest BCUT2D eigenvalue weighted by Gasteiger charge is 2.10. The number of hydrogen-bond acceptors (Lipinski definition) is 3. The van der Waals surface area contributed by atoms with Crippen molar-refractivity contribution in [2.75, 3.05) is 0 Å². The van der Waals surface area contributed by atoms with Crippen LogP contribution in [-0.2, 0) is 9.59 Å². The van der Waals surface area contributed by atoms with Gasteiger partial charge in [0.2, 0.25) is 4.69 Å². The van der Waals surface area contributed by atoms with Gasteiger partial charge in [0.1, 0.15) is 0 Å². The van der Waals surface area contributed by atoms with Gasteiger partial charge >= 0.3 is 0 Å². The lowest BCUT2D eigenvalue weighted by atomic mass is 10.2. The molecule has 0 aliphatic rings. The summed E-state index contributed by atoms with van der Waals surface area (Å²) in [5.41, 5.74) is 5.30. The van der Waals surface area contributed by atoms with Crippen LogP contribution in [0, 0.1) is 0 Å². The number of halogens is 2. The zero-order valence-electron chi connectivity index (χ0n) is 5.14. The molecule has 5 heteroatoms. The lowest BCUT2D eigenvalue weighted by Gasteiger charge is -2.01. The molecule has 1 unspecified atom stereocenters. The number of rotatable bonds is 4. The third-order valence-corrected chi connectivity index (χ3v) is 1.93. The summed E-state index contributed by atoms with van der Waals surface area (Å²) >= 11 is 5.43. The predicted molar refractivity (Wildman–Crippen MR) is 45.1 cm³/mol. The third kappa shape index (κ3) is 5.08. The summed E-state index contributed by atoms with van der Waals surface area (Å²) in [5.74, 6) is 0. The van der Waals surface area contributed by atoms with E-state index >= 15 is 0 Å². The standard InChI is InChI=1S/C5H7Br2NO2/c6-4(9)2-1-3(8)5(7)10/h3H,1-2,8H2. The van der Waals surface area contributed by atoms with Gasteiger partial charge in [0.25, 0.3) is 0 Å². The molecule has 3 nitrogen and oxygen atoms in total. The Morgan fingerprint density at radius 2 is 1.90 bits per heavy atom. The van der Waals surface area contributed by atoms with Crippen LogP contribution in [0.3, 0.4) is 0 Å². The Kier molecular flexibility index (Phi) is 5.11. The first-order chi connectivity index (χ1) is 4.54. The van der Waals surface area contributed by atoms with E-state index in [0.29, 0.717) is 12.8 Å². The van der Waals surface area contributed by atoms with E-state index in [1.165, 1.54) is 0 Å². The monoisotopic (exact) mass is 271 g/mol. The van der Waals surface area contributed by atoms with Crippen molar-refractivity contribution < 1.29 is 9.59 Å². The molecule has 0 aromatic heterocycles. The molecule has 0 aliphatic heterocycles. The molecule has 0 aromatic rings. The minimum Gasteiger partial charge on any atom is -0.321 e. The second-order valence-corrected chi connectivity index (χ2v) is 3.47. The first-order valence-electron chi connectivity index (χ1n) is 2.67. The average molecular weight is 273 g/mol. The Morgan fingerprint density at radius 3 is 2.20 bits per heavy atom. The quantitative estimate of drug-likeness (QED) is 0.775. The van der Waals surface area contributed by atoms with Crippen molar-refractivity contribution in [3.63, 3.8) is 0 Å². The molecule has 58 valence electrons. The average Bonchev–Trinajstić information content (AvgIpc) is 1.82. The van der Waals surface area contributed by atoms with E-state index in [1.807, 2.05) is 0 Å². The van der Waals surface area contributed by atoms with Crippen LogP contribution in [0.15, 0.2) is 0 Å². The summed E-state index contributed by atoms with van der Waals surface area (Å²) in [5, 5.41) is 0. The molecule has 0 spiro atoms. The van der Waals surface area contributed by atoms with E-state index in [0.717, 1.165) is 0 Å². The topological polar surface area (TPSA) is 60.2 Å². The molecule has 0 aromatic carbocycles. The van der Waals surface area contributed by atoms with Crippen molar-refractivity contribution >= 4 is 41.2 Å². The van der Waals surface area contributed by atoms with Crippen molar-refractivity contribution in [1.29, 1.82) is 0 Å². The molecule has 10 heavy (non-hydrogen) atoms. The summed E-state index contributed by atoms with van der Waals surface area (Å²) in [7, 11) is 0. The highest BCUT2D eigenvalue weighted by molar-refractivity contribution is 9.18. The van der Waals surface area contributed by atoms with Gasteiger partial charge in [-0.25, -0.2) is 0 Å². The van der Waals surface area contributed by atoms with E-state index in [1.54, 1.807) is 0 Å². The highest BCUT2D eigenvalue weighted by Crippen LogP contribution is 2.03. The fourth-order valence-corrected chi connectivity index (χ4v) is 0.840. The first kappa shape index (κ1) is 10.3. The second kappa shape index (κ2) is 4.98. The summed E-state index contributed by atoms with van der Waals surface area (Å²) in [4.78, 5) is 20.7. The molecule has 0 bridgehead atoms. The van der Waals surface area contributed by atoms with Crippen LogP contribution in [-0.4, -0.2) is 15.4 Å². The van der Waals surface area contributed by atoms with Gasteiger partial charge in [-0.1, -0.05) is 0 Å². The maximum Gasteiger partial charge on any atom is 0.214 e. The highest BCUT2D eigenvalue weighted by atomic mass is 79.9. The molecule has 0 aliphatic carbocycles. The van der Waals surface area contributed by atoms with Crippen LogP contribution in [0.5, 0.6) is 0 Å². The lowest BCUT2D eigenvalue weighted by molar-refractivity contribution is -0.112. The van der Waals surface area contributed by atoms with Crippen LogP contribution in [0.25, 0.3) is 0 Å². The molecule has 0 saturated carbocycles. The van der Waals surface area contributed by atoms with Crippen LogP contribution >= 0.6 is 31.9 Å². The Bertz CT molecular complexity index is 149. The molecule has 1 atom stereocenters. The molecule has 0 rings (SSSR count). The minimum absolute atomic E-state index is 0.128. The van der Waals surface area contributed by atoms with Gasteiger partial charge in [0, 0.05) is 6.42 Å². The van der Waals surface area contributed by atoms with Crippen LogP contribution < -0.4 is 5.73 Å². The Morgan fingerprint density at radius 1 is 1.40 bits per heavy atom. The molecule has 0 amide bonds. The number of carbonyl (C=O) groups excluding carboxylic acids is 2.